The summed E-state index contributed by atoms with van der Waals surface area (Å²) in [6.07, 6.45) is 1.74. The molecule has 0 saturated carbocycles. The highest BCUT2D eigenvalue weighted by Crippen LogP contribution is 2.36. The van der Waals surface area contributed by atoms with Gasteiger partial charge in [0.15, 0.2) is 0 Å². The Balaban J connectivity index is 1.84. The molecular formula is C23H26N2O3S. The smallest absolute Gasteiger partial charge is 0.293 e. The Morgan fingerprint density at radius 3 is 2.38 bits per heavy atom. The fourth-order valence-corrected chi connectivity index (χ4v) is 4.09. The highest BCUT2D eigenvalue weighted by atomic mass is 32.2. The van der Waals surface area contributed by atoms with Crippen LogP contribution in [0.1, 0.15) is 30.5 Å². The van der Waals surface area contributed by atoms with Gasteiger partial charge in [0.25, 0.3) is 11.1 Å². The first-order chi connectivity index (χ1) is 14.0. The molecule has 2 aromatic carbocycles. The molecule has 0 aliphatic carbocycles. The van der Waals surface area contributed by atoms with Gasteiger partial charge in [0.1, 0.15) is 5.75 Å². The van der Waals surface area contributed by atoms with Crippen molar-refractivity contribution in [2.24, 2.45) is 0 Å². The zero-order valence-electron chi connectivity index (χ0n) is 17.3. The molecule has 1 aliphatic heterocycles. The maximum absolute atomic E-state index is 12.8. The lowest BCUT2D eigenvalue weighted by Gasteiger charge is -2.22. The van der Waals surface area contributed by atoms with Crippen LogP contribution in [0.2, 0.25) is 0 Å². The molecule has 2 aromatic rings. The maximum Gasteiger partial charge on any atom is 0.293 e. The summed E-state index contributed by atoms with van der Waals surface area (Å²) in [4.78, 5) is 29.2. The van der Waals surface area contributed by atoms with E-state index >= 15 is 0 Å². The van der Waals surface area contributed by atoms with Crippen LogP contribution in [0.15, 0.2) is 47.4 Å². The topological polar surface area (TPSA) is 49.9 Å². The van der Waals surface area contributed by atoms with Crippen molar-refractivity contribution in [3.63, 3.8) is 0 Å². The van der Waals surface area contributed by atoms with E-state index < -0.39 is 0 Å². The number of carbonyl (C=O) groups is 2. The third-order valence-corrected chi connectivity index (χ3v) is 5.87. The number of thioether (sulfide) groups is 1. The molecule has 0 bridgehead atoms. The predicted octanol–water partition coefficient (Wildman–Crippen LogP) is 5.09. The summed E-state index contributed by atoms with van der Waals surface area (Å²) in [6.45, 7) is 8.29. The minimum absolute atomic E-state index is 0.249. The van der Waals surface area contributed by atoms with Crippen LogP contribution < -0.4 is 9.64 Å². The van der Waals surface area contributed by atoms with Crippen LogP contribution >= 0.6 is 11.8 Å². The number of benzene rings is 2. The average molecular weight is 411 g/mol. The van der Waals surface area contributed by atoms with Gasteiger partial charge in [0.2, 0.25) is 0 Å². The summed E-state index contributed by atoms with van der Waals surface area (Å²) in [6, 6.07) is 13.8. The molecule has 1 aliphatic rings. The highest BCUT2D eigenvalue weighted by molar-refractivity contribution is 8.18. The van der Waals surface area contributed by atoms with Crippen LogP contribution in [0.3, 0.4) is 0 Å². The van der Waals surface area contributed by atoms with Gasteiger partial charge in [-0.15, -0.1) is 0 Å². The molecular weight excluding hydrogens is 384 g/mol. The normalized spacial score (nSPS) is 15.3. The number of aryl methyl sites for hydroxylation is 1. The Hall–Kier alpha value is -2.73. The third kappa shape index (κ3) is 4.65. The fourth-order valence-electron chi connectivity index (χ4n) is 3.26. The van der Waals surface area contributed by atoms with Crippen molar-refractivity contribution in [1.29, 1.82) is 0 Å². The zero-order valence-corrected chi connectivity index (χ0v) is 18.1. The maximum atomic E-state index is 12.8. The summed E-state index contributed by atoms with van der Waals surface area (Å²) in [7, 11) is 1.61. The van der Waals surface area contributed by atoms with Gasteiger partial charge >= 0.3 is 0 Å². The van der Waals surface area contributed by atoms with Gasteiger partial charge in [-0.05, 0) is 56.3 Å². The number of hydrogen-bond donors (Lipinski definition) is 0. The molecule has 152 valence electrons. The van der Waals surface area contributed by atoms with E-state index in [-0.39, 0.29) is 17.7 Å². The van der Waals surface area contributed by atoms with E-state index in [1.54, 1.807) is 13.2 Å². The number of imide groups is 1. The van der Waals surface area contributed by atoms with Crippen LogP contribution in [0.25, 0.3) is 6.08 Å². The summed E-state index contributed by atoms with van der Waals surface area (Å²) in [5.74, 6) is 0.412. The van der Waals surface area contributed by atoms with Crippen LogP contribution in [0.4, 0.5) is 10.5 Å². The number of anilines is 1. The Labute approximate surface area is 176 Å². The first-order valence-electron chi connectivity index (χ1n) is 9.70. The molecule has 0 N–H and O–H groups in total. The first kappa shape index (κ1) is 21.0. The van der Waals surface area contributed by atoms with E-state index in [2.05, 4.69) is 18.7 Å². The van der Waals surface area contributed by atoms with Crippen molar-refractivity contribution in [3.8, 4) is 5.75 Å². The Bertz CT molecular complexity index is 934. The molecule has 1 saturated heterocycles. The lowest BCUT2D eigenvalue weighted by molar-refractivity contribution is -0.123. The van der Waals surface area contributed by atoms with Crippen LogP contribution in [0.5, 0.6) is 5.75 Å². The minimum atomic E-state index is -0.268. The molecule has 0 aromatic heterocycles. The quantitative estimate of drug-likeness (QED) is 0.595. The Morgan fingerprint density at radius 1 is 1.07 bits per heavy atom. The van der Waals surface area contributed by atoms with Crippen molar-refractivity contribution in [2.45, 2.75) is 27.3 Å². The summed E-state index contributed by atoms with van der Waals surface area (Å²) >= 11 is 0.970. The number of ether oxygens (including phenoxy) is 1. The number of methoxy groups -OCH3 is 1. The van der Waals surface area contributed by atoms with Gasteiger partial charge in [0.05, 0.1) is 18.6 Å². The standard InChI is InChI=1S/C23H26N2O3S/c1-5-24(6-2)19-12-11-18(20(14-19)28-4)13-21-22(26)25(23(27)29-21)15-17-9-7-16(3)8-10-17/h7-14H,5-6,15H2,1-4H3/b21-13-. The first-order valence-corrected chi connectivity index (χ1v) is 10.5. The van der Waals surface area contributed by atoms with Gasteiger partial charge in [-0.3, -0.25) is 14.5 Å². The van der Waals surface area contributed by atoms with E-state index in [0.29, 0.717) is 10.7 Å². The molecule has 6 heteroatoms. The van der Waals surface area contributed by atoms with E-state index in [4.69, 9.17) is 4.74 Å². The van der Waals surface area contributed by atoms with Crippen molar-refractivity contribution in [3.05, 3.63) is 64.1 Å². The Kier molecular flexibility index (Phi) is 6.64. The van der Waals surface area contributed by atoms with Crippen LogP contribution in [-0.2, 0) is 11.3 Å². The summed E-state index contributed by atoms with van der Waals surface area (Å²) < 4.78 is 5.54. The number of nitrogens with zero attached hydrogens (tertiary/aromatic N) is 2. The summed E-state index contributed by atoms with van der Waals surface area (Å²) in [5, 5.41) is -0.249. The summed E-state index contributed by atoms with van der Waals surface area (Å²) in [5.41, 5.74) is 3.92. The zero-order chi connectivity index (χ0) is 21.0. The second kappa shape index (κ2) is 9.18. The largest absolute Gasteiger partial charge is 0.496 e. The number of rotatable bonds is 7. The minimum Gasteiger partial charge on any atom is -0.496 e. The number of carbonyl (C=O) groups excluding carboxylic acids is 2. The molecule has 1 fully saturated rings. The second-order valence-electron chi connectivity index (χ2n) is 6.85. The van der Waals surface area contributed by atoms with Gasteiger partial charge in [-0.25, -0.2) is 0 Å². The molecule has 2 amide bonds. The second-order valence-corrected chi connectivity index (χ2v) is 7.85. The molecule has 0 radical (unpaired) electrons. The van der Waals surface area contributed by atoms with Gasteiger partial charge < -0.3 is 9.64 Å². The van der Waals surface area contributed by atoms with Gasteiger partial charge in [0, 0.05) is 30.4 Å². The number of hydrogen-bond acceptors (Lipinski definition) is 5. The van der Waals surface area contributed by atoms with E-state index in [1.165, 1.54) is 4.90 Å². The lowest BCUT2D eigenvalue weighted by atomic mass is 10.1. The Morgan fingerprint density at radius 2 is 1.76 bits per heavy atom. The molecule has 0 atom stereocenters. The van der Waals surface area contributed by atoms with E-state index in [1.807, 2.05) is 49.4 Å². The molecule has 1 heterocycles. The van der Waals surface area contributed by atoms with Gasteiger partial charge in [-0.1, -0.05) is 29.8 Å². The van der Waals surface area contributed by atoms with Crippen molar-refractivity contribution in [1.82, 2.24) is 4.90 Å². The van der Waals surface area contributed by atoms with Gasteiger partial charge in [-0.2, -0.15) is 0 Å². The molecule has 0 spiro atoms. The highest BCUT2D eigenvalue weighted by Gasteiger charge is 2.35. The van der Waals surface area contributed by atoms with Crippen molar-refractivity contribution >= 4 is 34.7 Å². The SMILES string of the molecule is CCN(CC)c1ccc(/C=C2\SC(=O)N(Cc3ccc(C)cc3)C2=O)c(OC)c1. The van der Waals surface area contributed by atoms with Crippen molar-refractivity contribution in [2.75, 3.05) is 25.1 Å². The van der Waals surface area contributed by atoms with Crippen LogP contribution in [0, 0.1) is 6.92 Å². The van der Waals surface area contributed by atoms with Crippen LogP contribution in [-0.4, -0.2) is 36.2 Å². The number of amides is 2. The lowest BCUT2D eigenvalue weighted by Crippen LogP contribution is -2.27. The molecule has 29 heavy (non-hydrogen) atoms. The third-order valence-electron chi connectivity index (χ3n) is 4.97. The average Bonchev–Trinajstić information content (AvgIpc) is 2.98. The van der Waals surface area contributed by atoms with E-state index in [9.17, 15) is 9.59 Å². The molecule has 5 nitrogen and oxygen atoms in total. The van der Waals surface area contributed by atoms with Crippen molar-refractivity contribution < 1.29 is 14.3 Å². The predicted molar refractivity (Wildman–Crippen MR) is 119 cm³/mol. The van der Waals surface area contributed by atoms with E-state index in [0.717, 1.165) is 47.2 Å². The molecule has 3 rings (SSSR count). The molecule has 0 unspecified atom stereocenters. The fraction of sp³-hybridized carbons (Fsp3) is 0.304. The monoisotopic (exact) mass is 410 g/mol.